The third-order valence-corrected chi connectivity index (χ3v) is 4.60. The van der Waals surface area contributed by atoms with Crippen LogP contribution in [0.1, 0.15) is 106 Å². The van der Waals surface area contributed by atoms with Gasteiger partial charge >= 0.3 is 11.9 Å². The Morgan fingerprint density at radius 2 is 1.08 bits per heavy atom. The minimum atomic E-state index is -0.0734. The Kier molecular flexibility index (Phi) is 14.4. The van der Waals surface area contributed by atoms with Gasteiger partial charge in [0, 0.05) is 12.8 Å². The van der Waals surface area contributed by atoms with Crippen LogP contribution in [0.2, 0.25) is 0 Å². The Bertz CT molecular complexity index is 374. The molecule has 0 spiro atoms. The molecule has 0 rings (SSSR count). The first-order chi connectivity index (χ1) is 12.2. The second-order valence-corrected chi connectivity index (χ2v) is 8.28. The van der Waals surface area contributed by atoms with Crippen molar-refractivity contribution in [3.05, 3.63) is 0 Å². The van der Waals surface area contributed by atoms with Crippen molar-refractivity contribution >= 4 is 11.9 Å². The Labute approximate surface area is 161 Å². The van der Waals surface area contributed by atoms with Gasteiger partial charge in [-0.25, -0.2) is 0 Å². The number of unbranched alkanes of at least 4 members (excludes halogenated alkanes) is 5. The normalized spacial score (nSPS) is 12.7. The van der Waals surface area contributed by atoms with Crippen LogP contribution >= 0.6 is 0 Å². The minimum Gasteiger partial charge on any atom is -0.463 e. The fraction of sp³-hybridized carbons (Fsp3) is 0.909. The Morgan fingerprint density at radius 3 is 1.58 bits per heavy atom. The van der Waals surface area contributed by atoms with Gasteiger partial charge in [-0.1, -0.05) is 52.4 Å². The van der Waals surface area contributed by atoms with Crippen molar-refractivity contribution in [3.63, 3.8) is 0 Å². The predicted octanol–water partition coefficient (Wildman–Crippen LogP) is 6.06. The first kappa shape index (κ1) is 24.9. The molecule has 0 fully saturated rings. The number of hydrogen-bond donors (Lipinski definition) is 0. The van der Waals surface area contributed by atoms with Crippen LogP contribution in [-0.4, -0.2) is 24.1 Å². The third kappa shape index (κ3) is 15.2. The minimum absolute atomic E-state index is 0.0105. The van der Waals surface area contributed by atoms with Gasteiger partial charge in [-0.05, 0) is 52.4 Å². The molecule has 0 bridgehead atoms. The van der Waals surface area contributed by atoms with Crippen LogP contribution in [0, 0.1) is 11.8 Å². The lowest BCUT2D eigenvalue weighted by molar-refractivity contribution is -0.148. The van der Waals surface area contributed by atoms with Gasteiger partial charge in [0.1, 0.15) is 0 Å². The van der Waals surface area contributed by atoms with Crippen molar-refractivity contribution in [1.82, 2.24) is 0 Å². The Balaban J connectivity index is 3.71. The molecule has 0 heterocycles. The molecular weight excluding hydrogens is 328 g/mol. The Hall–Kier alpha value is -1.06. The van der Waals surface area contributed by atoms with E-state index in [4.69, 9.17) is 9.47 Å². The van der Waals surface area contributed by atoms with Gasteiger partial charge in [0.05, 0.1) is 12.2 Å². The summed E-state index contributed by atoms with van der Waals surface area (Å²) in [6, 6.07) is 0. The van der Waals surface area contributed by atoms with E-state index in [1.165, 1.54) is 32.1 Å². The maximum atomic E-state index is 11.7. The highest BCUT2D eigenvalue weighted by molar-refractivity contribution is 5.69. The largest absolute Gasteiger partial charge is 0.463 e. The molecule has 0 aromatic carbocycles. The molecule has 0 amide bonds. The highest BCUT2D eigenvalue weighted by atomic mass is 16.5. The summed E-state index contributed by atoms with van der Waals surface area (Å²) < 4.78 is 10.4. The van der Waals surface area contributed by atoms with Crippen LogP contribution in [0.3, 0.4) is 0 Å². The van der Waals surface area contributed by atoms with Gasteiger partial charge < -0.3 is 9.47 Å². The molecule has 0 saturated heterocycles. The number of rotatable bonds is 15. The van der Waals surface area contributed by atoms with Crippen molar-refractivity contribution < 1.29 is 19.1 Å². The number of esters is 2. The average molecular weight is 371 g/mol. The summed E-state index contributed by atoms with van der Waals surface area (Å²) in [5, 5.41) is 0. The lowest BCUT2D eigenvalue weighted by Gasteiger charge is -2.20. The average Bonchev–Trinajstić information content (AvgIpc) is 2.50. The van der Waals surface area contributed by atoms with E-state index in [2.05, 4.69) is 13.8 Å². The van der Waals surface area contributed by atoms with Gasteiger partial charge in [0.25, 0.3) is 0 Å². The molecule has 0 radical (unpaired) electrons. The summed E-state index contributed by atoms with van der Waals surface area (Å²) in [5.74, 6) is 1.06. The molecule has 0 aliphatic heterocycles. The topological polar surface area (TPSA) is 52.6 Å². The predicted molar refractivity (Wildman–Crippen MR) is 107 cm³/mol. The van der Waals surface area contributed by atoms with Gasteiger partial charge in [-0.2, -0.15) is 0 Å². The van der Waals surface area contributed by atoms with Gasteiger partial charge in [0.15, 0.2) is 0 Å². The molecule has 1 unspecified atom stereocenters. The summed E-state index contributed by atoms with van der Waals surface area (Å²) in [7, 11) is 0. The molecule has 0 aromatic heterocycles. The standard InChI is InChI=1S/C22H42O4/c1-17(2)20(15-16-22(24)26-19(5)6)13-11-9-7-8-10-12-14-21(23)25-18(3)4/h17-20H,7-16H2,1-6H3. The van der Waals surface area contributed by atoms with E-state index in [-0.39, 0.29) is 24.1 Å². The van der Waals surface area contributed by atoms with Gasteiger partial charge in [-0.3, -0.25) is 9.59 Å². The van der Waals surface area contributed by atoms with E-state index in [0.29, 0.717) is 24.7 Å². The fourth-order valence-electron chi connectivity index (χ4n) is 3.14. The molecule has 154 valence electrons. The highest BCUT2D eigenvalue weighted by Crippen LogP contribution is 2.24. The molecule has 4 nitrogen and oxygen atoms in total. The van der Waals surface area contributed by atoms with Crippen molar-refractivity contribution in [3.8, 4) is 0 Å². The lowest BCUT2D eigenvalue weighted by Crippen LogP contribution is -2.15. The third-order valence-electron chi connectivity index (χ3n) is 4.60. The van der Waals surface area contributed by atoms with Crippen molar-refractivity contribution in [2.45, 2.75) is 118 Å². The second kappa shape index (κ2) is 15.0. The second-order valence-electron chi connectivity index (χ2n) is 8.28. The maximum Gasteiger partial charge on any atom is 0.306 e. The van der Waals surface area contributed by atoms with Crippen LogP contribution in [0.5, 0.6) is 0 Å². The van der Waals surface area contributed by atoms with Crippen LogP contribution in [0.15, 0.2) is 0 Å². The zero-order chi connectivity index (χ0) is 19.9. The quantitative estimate of drug-likeness (QED) is 0.259. The Morgan fingerprint density at radius 1 is 0.615 bits per heavy atom. The molecule has 26 heavy (non-hydrogen) atoms. The number of carbonyl (C=O) groups excluding carboxylic acids is 2. The summed E-state index contributed by atoms with van der Waals surface area (Å²) in [6.07, 6.45) is 10.0. The van der Waals surface area contributed by atoms with Crippen molar-refractivity contribution in [2.24, 2.45) is 11.8 Å². The summed E-state index contributed by atoms with van der Waals surface area (Å²) >= 11 is 0. The van der Waals surface area contributed by atoms with Crippen LogP contribution in [0.4, 0.5) is 0 Å². The fourth-order valence-corrected chi connectivity index (χ4v) is 3.14. The highest BCUT2D eigenvalue weighted by Gasteiger charge is 2.16. The van der Waals surface area contributed by atoms with Crippen LogP contribution < -0.4 is 0 Å². The van der Waals surface area contributed by atoms with E-state index in [1.54, 1.807) is 0 Å². The molecule has 0 N–H and O–H groups in total. The van der Waals surface area contributed by atoms with Gasteiger partial charge in [-0.15, -0.1) is 0 Å². The SMILES string of the molecule is CC(C)OC(=O)CCCCCCCCC(CCC(=O)OC(C)C)C(C)C. The maximum absolute atomic E-state index is 11.7. The molecule has 0 aliphatic rings. The molecule has 1 atom stereocenters. The first-order valence-corrected chi connectivity index (χ1v) is 10.6. The molecule has 0 aliphatic carbocycles. The smallest absolute Gasteiger partial charge is 0.306 e. The lowest BCUT2D eigenvalue weighted by atomic mass is 9.86. The first-order valence-electron chi connectivity index (χ1n) is 10.6. The van der Waals surface area contributed by atoms with E-state index in [0.717, 1.165) is 19.3 Å². The molecule has 0 aromatic rings. The van der Waals surface area contributed by atoms with Crippen molar-refractivity contribution in [2.75, 3.05) is 0 Å². The summed E-state index contributed by atoms with van der Waals surface area (Å²) in [6.45, 7) is 12.0. The van der Waals surface area contributed by atoms with Crippen LogP contribution in [-0.2, 0) is 19.1 Å². The van der Waals surface area contributed by atoms with Gasteiger partial charge in [0.2, 0.25) is 0 Å². The van der Waals surface area contributed by atoms with E-state index < -0.39 is 0 Å². The molecule has 0 saturated carbocycles. The summed E-state index contributed by atoms with van der Waals surface area (Å²) in [4.78, 5) is 23.1. The number of carbonyl (C=O) groups is 2. The summed E-state index contributed by atoms with van der Waals surface area (Å²) in [5.41, 5.74) is 0. The zero-order valence-electron chi connectivity index (χ0n) is 18.0. The monoisotopic (exact) mass is 370 g/mol. The van der Waals surface area contributed by atoms with Crippen molar-refractivity contribution in [1.29, 1.82) is 0 Å². The number of ether oxygens (including phenoxy) is 2. The van der Waals surface area contributed by atoms with E-state index in [1.807, 2.05) is 27.7 Å². The van der Waals surface area contributed by atoms with Crippen LogP contribution in [0.25, 0.3) is 0 Å². The van der Waals surface area contributed by atoms with E-state index >= 15 is 0 Å². The number of hydrogen-bond acceptors (Lipinski definition) is 4. The molecule has 4 heteroatoms. The zero-order valence-corrected chi connectivity index (χ0v) is 18.0. The van der Waals surface area contributed by atoms with E-state index in [9.17, 15) is 9.59 Å². The molecular formula is C22H42O4.